The van der Waals surface area contributed by atoms with Gasteiger partial charge in [-0.3, -0.25) is 9.69 Å². The third kappa shape index (κ3) is 5.92. The van der Waals surface area contributed by atoms with Crippen molar-refractivity contribution in [2.45, 2.75) is 19.3 Å². The summed E-state index contributed by atoms with van der Waals surface area (Å²) in [6, 6.07) is 6.75. The van der Waals surface area contributed by atoms with Gasteiger partial charge in [0.2, 0.25) is 5.91 Å². The number of nitrogens with zero attached hydrogens (tertiary/aromatic N) is 2. The van der Waals surface area contributed by atoms with Crippen molar-refractivity contribution in [1.29, 1.82) is 0 Å². The van der Waals surface area contributed by atoms with Gasteiger partial charge in [-0.25, -0.2) is 4.39 Å². The molecule has 0 spiro atoms. The molecule has 4 nitrogen and oxygen atoms in total. The van der Waals surface area contributed by atoms with Gasteiger partial charge in [0.25, 0.3) is 0 Å². The molecule has 23 heavy (non-hydrogen) atoms. The Labute approximate surface area is 138 Å². The molecule has 1 aromatic rings. The molecule has 5 heteroatoms. The van der Waals surface area contributed by atoms with Gasteiger partial charge < -0.3 is 9.64 Å². The summed E-state index contributed by atoms with van der Waals surface area (Å²) in [7, 11) is 3.61. The summed E-state index contributed by atoms with van der Waals surface area (Å²) in [5.41, 5.74) is 1.18. The number of hydrogen-bond donors (Lipinski definition) is 0. The number of carbonyl (C=O) groups is 1. The first-order chi connectivity index (χ1) is 11.1. The van der Waals surface area contributed by atoms with Crippen molar-refractivity contribution >= 4 is 5.91 Å². The second-order valence-corrected chi connectivity index (χ2v) is 6.39. The van der Waals surface area contributed by atoms with E-state index < -0.39 is 0 Å². The monoisotopic (exact) mass is 322 g/mol. The fraction of sp³-hybridized carbons (Fsp3) is 0.611. The molecule has 1 aromatic carbocycles. The van der Waals surface area contributed by atoms with E-state index in [9.17, 15) is 9.18 Å². The Hall–Kier alpha value is -1.46. The van der Waals surface area contributed by atoms with Gasteiger partial charge in [-0.2, -0.15) is 0 Å². The molecule has 1 aliphatic rings. The first-order valence-electron chi connectivity index (χ1n) is 8.28. The maximum Gasteiger partial charge on any atom is 0.236 e. The van der Waals surface area contributed by atoms with Gasteiger partial charge in [0.15, 0.2) is 0 Å². The molecule has 1 fully saturated rings. The third-order valence-electron chi connectivity index (χ3n) is 4.49. The summed E-state index contributed by atoms with van der Waals surface area (Å²) < 4.78 is 18.0. The zero-order chi connectivity index (χ0) is 16.7. The molecular formula is C18H27FN2O2. The topological polar surface area (TPSA) is 32.8 Å². The lowest BCUT2D eigenvalue weighted by atomic mass is 9.90. The minimum Gasteiger partial charge on any atom is -0.383 e. The van der Waals surface area contributed by atoms with Gasteiger partial charge >= 0.3 is 0 Å². The fourth-order valence-corrected chi connectivity index (χ4v) is 3.00. The number of likely N-dealkylation sites (N-methyl/N-ethyl adjacent to an activating group) is 1. The Morgan fingerprint density at radius 2 is 1.96 bits per heavy atom. The van der Waals surface area contributed by atoms with Crippen LogP contribution < -0.4 is 0 Å². The van der Waals surface area contributed by atoms with Gasteiger partial charge in [0.1, 0.15) is 5.82 Å². The van der Waals surface area contributed by atoms with Crippen LogP contribution in [0.3, 0.4) is 0 Å². The van der Waals surface area contributed by atoms with Gasteiger partial charge in [0, 0.05) is 26.7 Å². The average molecular weight is 322 g/mol. The Morgan fingerprint density at radius 3 is 2.57 bits per heavy atom. The molecule has 0 aliphatic carbocycles. The van der Waals surface area contributed by atoms with Crippen LogP contribution >= 0.6 is 0 Å². The number of benzene rings is 1. The second-order valence-electron chi connectivity index (χ2n) is 6.39. The van der Waals surface area contributed by atoms with Gasteiger partial charge in [-0.15, -0.1) is 0 Å². The predicted molar refractivity (Wildman–Crippen MR) is 88.8 cm³/mol. The van der Waals surface area contributed by atoms with E-state index in [1.54, 1.807) is 7.11 Å². The van der Waals surface area contributed by atoms with E-state index >= 15 is 0 Å². The van der Waals surface area contributed by atoms with Crippen LogP contribution in [-0.2, 0) is 16.0 Å². The van der Waals surface area contributed by atoms with Crippen LogP contribution in [0, 0.1) is 11.7 Å². The van der Waals surface area contributed by atoms with E-state index in [-0.39, 0.29) is 11.7 Å². The van der Waals surface area contributed by atoms with Crippen molar-refractivity contribution in [1.82, 2.24) is 9.80 Å². The van der Waals surface area contributed by atoms with Crippen molar-refractivity contribution in [3.63, 3.8) is 0 Å². The molecule has 1 aliphatic heterocycles. The summed E-state index contributed by atoms with van der Waals surface area (Å²) in [6.45, 7) is 3.50. The van der Waals surface area contributed by atoms with Crippen molar-refractivity contribution in [2.24, 2.45) is 5.92 Å². The Bertz CT molecular complexity index is 484. The second kappa shape index (κ2) is 8.99. The lowest BCUT2D eigenvalue weighted by Gasteiger charge is -2.33. The number of likely N-dealkylation sites (tertiary alicyclic amines) is 1. The van der Waals surface area contributed by atoms with Crippen molar-refractivity contribution in [3.05, 3.63) is 35.6 Å². The van der Waals surface area contributed by atoms with E-state index in [4.69, 9.17) is 4.74 Å². The summed E-state index contributed by atoms with van der Waals surface area (Å²) >= 11 is 0. The smallest absolute Gasteiger partial charge is 0.236 e. The molecule has 1 heterocycles. The van der Waals surface area contributed by atoms with Crippen LogP contribution in [0.5, 0.6) is 0 Å². The molecule has 2 rings (SSSR count). The highest BCUT2D eigenvalue weighted by Crippen LogP contribution is 2.22. The zero-order valence-electron chi connectivity index (χ0n) is 14.1. The van der Waals surface area contributed by atoms with Crippen LogP contribution in [0.15, 0.2) is 24.3 Å². The molecule has 1 saturated heterocycles. The summed E-state index contributed by atoms with van der Waals surface area (Å²) in [5.74, 6) is 0.589. The van der Waals surface area contributed by atoms with Crippen molar-refractivity contribution < 1.29 is 13.9 Å². The SMILES string of the molecule is COCCN(C)CC(=O)N1CCC(Cc2ccc(F)cc2)CC1. The normalized spacial score (nSPS) is 16.1. The van der Waals surface area contributed by atoms with E-state index in [1.165, 1.54) is 17.7 Å². The number of piperidine rings is 1. The molecule has 0 saturated carbocycles. The Morgan fingerprint density at radius 1 is 1.30 bits per heavy atom. The minimum absolute atomic E-state index is 0.188. The molecule has 0 atom stereocenters. The number of amides is 1. The molecule has 0 bridgehead atoms. The highest BCUT2D eigenvalue weighted by Gasteiger charge is 2.23. The number of rotatable bonds is 7. The Balaban J connectivity index is 1.72. The molecule has 128 valence electrons. The standard InChI is InChI=1S/C18H27FN2O2/c1-20(11-12-23-2)14-18(22)21-9-7-16(8-10-21)13-15-3-5-17(19)6-4-15/h3-6,16H,7-14H2,1-2H3. The number of ether oxygens (including phenoxy) is 1. The number of methoxy groups -OCH3 is 1. The predicted octanol–water partition coefficient (Wildman–Crippen LogP) is 2.18. The lowest BCUT2D eigenvalue weighted by Crippen LogP contribution is -2.44. The molecular weight excluding hydrogens is 295 g/mol. The number of halogens is 1. The third-order valence-corrected chi connectivity index (χ3v) is 4.49. The zero-order valence-corrected chi connectivity index (χ0v) is 14.1. The summed E-state index contributed by atoms with van der Waals surface area (Å²) in [6.07, 6.45) is 3.01. The van der Waals surface area contributed by atoms with Crippen LogP contribution in [0.2, 0.25) is 0 Å². The van der Waals surface area contributed by atoms with Crippen LogP contribution in [0.4, 0.5) is 4.39 Å². The quantitative estimate of drug-likeness (QED) is 0.771. The number of carbonyl (C=O) groups excluding carboxylic acids is 1. The summed E-state index contributed by atoms with van der Waals surface area (Å²) in [5, 5.41) is 0. The van der Waals surface area contributed by atoms with Crippen LogP contribution in [0.25, 0.3) is 0 Å². The highest BCUT2D eigenvalue weighted by atomic mass is 19.1. The maximum atomic E-state index is 12.9. The first kappa shape index (κ1) is 17.9. The maximum absolute atomic E-state index is 12.9. The molecule has 0 N–H and O–H groups in total. The van der Waals surface area contributed by atoms with Crippen molar-refractivity contribution in [2.75, 3.05) is 46.9 Å². The van der Waals surface area contributed by atoms with E-state index in [0.29, 0.717) is 19.1 Å². The van der Waals surface area contributed by atoms with Gasteiger partial charge in [-0.1, -0.05) is 12.1 Å². The number of hydrogen-bond acceptors (Lipinski definition) is 3. The van der Waals surface area contributed by atoms with Crippen molar-refractivity contribution in [3.8, 4) is 0 Å². The van der Waals surface area contributed by atoms with Gasteiger partial charge in [0.05, 0.1) is 13.2 Å². The van der Waals surface area contributed by atoms with E-state index in [0.717, 1.165) is 38.9 Å². The molecule has 1 amide bonds. The Kier molecular flexibility index (Phi) is 6.99. The van der Waals surface area contributed by atoms with Crippen LogP contribution in [0.1, 0.15) is 18.4 Å². The van der Waals surface area contributed by atoms with Gasteiger partial charge in [-0.05, 0) is 49.9 Å². The molecule has 0 unspecified atom stereocenters. The van der Waals surface area contributed by atoms with E-state index in [1.807, 2.05) is 29.0 Å². The molecule has 0 radical (unpaired) electrons. The van der Waals surface area contributed by atoms with E-state index in [2.05, 4.69) is 0 Å². The minimum atomic E-state index is -0.188. The highest BCUT2D eigenvalue weighted by molar-refractivity contribution is 5.78. The average Bonchev–Trinajstić information content (AvgIpc) is 2.55. The van der Waals surface area contributed by atoms with Crippen LogP contribution in [-0.4, -0.2) is 62.7 Å². The lowest BCUT2D eigenvalue weighted by molar-refractivity contribution is -0.133. The first-order valence-corrected chi connectivity index (χ1v) is 8.28. The largest absolute Gasteiger partial charge is 0.383 e. The molecule has 0 aromatic heterocycles. The summed E-state index contributed by atoms with van der Waals surface area (Å²) in [4.78, 5) is 16.2. The fourth-order valence-electron chi connectivity index (χ4n) is 3.00.